The van der Waals surface area contributed by atoms with Crippen LogP contribution in [0, 0.1) is 0 Å². The summed E-state index contributed by atoms with van der Waals surface area (Å²) in [5.74, 6) is 0.731. The second kappa shape index (κ2) is 10.1. The lowest BCUT2D eigenvalue weighted by atomic mass is 9.74. The predicted molar refractivity (Wildman–Crippen MR) is 189 cm³/mol. The van der Waals surface area contributed by atoms with E-state index in [-0.39, 0.29) is 5.41 Å². The third kappa shape index (κ3) is 4.01. The molecule has 0 saturated heterocycles. The van der Waals surface area contributed by atoms with Gasteiger partial charge in [0.25, 0.3) is 0 Å². The van der Waals surface area contributed by atoms with E-state index in [0.717, 1.165) is 33.9 Å². The van der Waals surface area contributed by atoms with Gasteiger partial charge in [-0.3, -0.25) is 0 Å². The van der Waals surface area contributed by atoms with Gasteiger partial charge in [0.15, 0.2) is 5.82 Å². The van der Waals surface area contributed by atoms with Crippen molar-refractivity contribution in [1.29, 1.82) is 0 Å². The molecule has 9 rings (SSSR count). The third-order valence-corrected chi connectivity index (χ3v) is 10.6. The third-order valence-electron chi connectivity index (χ3n) is 9.40. The van der Waals surface area contributed by atoms with Gasteiger partial charge in [-0.05, 0) is 52.9 Å². The van der Waals surface area contributed by atoms with Crippen molar-refractivity contribution < 1.29 is 0 Å². The Labute approximate surface area is 266 Å². The minimum Gasteiger partial charge on any atom is -0.228 e. The first-order valence-electron chi connectivity index (χ1n) is 15.3. The molecule has 3 heteroatoms. The lowest BCUT2D eigenvalue weighted by molar-refractivity contribution is 0.714. The van der Waals surface area contributed by atoms with E-state index in [1.807, 2.05) is 29.5 Å². The normalized spacial score (nSPS) is 13.2. The molecule has 2 nitrogen and oxygen atoms in total. The van der Waals surface area contributed by atoms with Gasteiger partial charge in [0.05, 0.1) is 11.4 Å². The van der Waals surface area contributed by atoms with Crippen LogP contribution in [-0.4, -0.2) is 9.97 Å². The summed E-state index contributed by atoms with van der Waals surface area (Å²) >= 11 is 1.83. The number of fused-ring (bicyclic) bond motifs is 6. The molecule has 0 saturated carbocycles. The van der Waals surface area contributed by atoms with Gasteiger partial charge >= 0.3 is 0 Å². The van der Waals surface area contributed by atoms with Gasteiger partial charge in [0.1, 0.15) is 0 Å². The first-order valence-corrected chi connectivity index (χ1v) is 16.2. The van der Waals surface area contributed by atoms with Gasteiger partial charge in [-0.25, -0.2) is 9.97 Å². The van der Waals surface area contributed by atoms with Crippen LogP contribution in [0.25, 0.3) is 65.2 Å². The van der Waals surface area contributed by atoms with Crippen molar-refractivity contribution in [3.05, 3.63) is 168 Å². The van der Waals surface area contributed by atoms with Crippen molar-refractivity contribution in [2.24, 2.45) is 0 Å². The van der Waals surface area contributed by atoms with Crippen LogP contribution in [0.4, 0.5) is 0 Å². The number of hydrogen-bond acceptors (Lipinski definition) is 3. The number of rotatable bonds is 4. The Kier molecular flexibility index (Phi) is 5.84. The molecule has 212 valence electrons. The summed E-state index contributed by atoms with van der Waals surface area (Å²) < 4.78 is 2.54. The average Bonchev–Trinajstić information content (AvgIpc) is 3.62. The number of hydrogen-bond donors (Lipinski definition) is 0. The molecule has 8 aromatic rings. The van der Waals surface area contributed by atoms with Crippen LogP contribution in [0.2, 0.25) is 0 Å². The first kappa shape index (κ1) is 26.1. The zero-order valence-corrected chi connectivity index (χ0v) is 25.6. The van der Waals surface area contributed by atoms with E-state index in [2.05, 4.69) is 140 Å². The van der Waals surface area contributed by atoms with E-state index in [1.54, 1.807) is 0 Å². The fourth-order valence-electron chi connectivity index (χ4n) is 7.15. The summed E-state index contributed by atoms with van der Waals surface area (Å²) in [4.78, 5) is 10.4. The van der Waals surface area contributed by atoms with Crippen molar-refractivity contribution in [3.63, 3.8) is 0 Å². The van der Waals surface area contributed by atoms with Crippen molar-refractivity contribution in [2.75, 3.05) is 0 Å². The van der Waals surface area contributed by atoms with Gasteiger partial charge in [-0.1, -0.05) is 133 Å². The Morgan fingerprint density at radius 1 is 0.489 bits per heavy atom. The van der Waals surface area contributed by atoms with E-state index < -0.39 is 0 Å². The maximum atomic E-state index is 5.19. The smallest absolute Gasteiger partial charge is 0.160 e. The molecule has 2 heterocycles. The molecule has 0 N–H and O–H groups in total. The maximum absolute atomic E-state index is 5.19. The van der Waals surface area contributed by atoms with Crippen LogP contribution in [0.3, 0.4) is 0 Å². The summed E-state index contributed by atoms with van der Waals surface area (Å²) in [6, 6.07) is 54.3. The molecule has 0 radical (unpaired) electrons. The topological polar surface area (TPSA) is 25.8 Å². The molecule has 0 unspecified atom stereocenters. The monoisotopic (exact) mass is 592 g/mol. The Balaban J connectivity index is 1.25. The molecular weight excluding hydrogens is 565 g/mol. The highest BCUT2D eigenvalue weighted by molar-refractivity contribution is 7.26. The van der Waals surface area contributed by atoms with E-state index >= 15 is 0 Å². The van der Waals surface area contributed by atoms with Gasteiger partial charge in [-0.2, -0.15) is 0 Å². The minimum atomic E-state index is -0.274. The number of benzene rings is 6. The zero-order chi connectivity index (χ0) is 30.0. The molecule has 0 amide bonds. The van der Waals surface area contributed by atoms with Crippen LogP contribution in [0.15, 0.2) is 152 Å². The molecule has 0 bridgehead atoms. The molecule has 0 aliphatic heterocycles. The van der Waals surface area contributed by atoms with Crippen LogP contribution >= 0.6 is 11.3 Å². The highest BCUT2D eigenvalue weighted by atomic mass is 32.1. The molecule has 0 spiro atoms. The van der Waals surface area contributed by atoms with Gasteiger partial charge in [0, 0.05) is 42.3 Å². The molecule has 45 heavy (non-hydrogen) atoms. The maximum Gasteiger partial charge on any atom is 0.160 e. The van der Waals surface area contributed by atoms with Crippen molar-refractivity contribution in [1.82, 2.24) is 9.97 Å². The zero-order valence-electron chi connectivity index (χ0n) is 24.7. The van der Waals surface area contributed by atoms with Crippen molar-refractivity contribution >= 4 is 31.5 Å². The molecule has 6 aromatic carbocycles. The van der Waals surface area contributed by atoms with Crippen LogP contribution < -0.4 is 0 Å². The standard InChI is InChI=1S/C42H28N2S/c1-42(35-22-8-5-17-30(35)31-18-6-9-23-36(31)42)29-16-11-15-28(25-29)37-26-38(44-41(43-37)27-13-3-2-4-14-27)34-21-12-20-33-32-19-7-10-24-39(32)45-40(33)34/h2-26H,1H3. The Hall–Kier alpha value is -5.38. The first-order chi connectivity index (χ1) is 22.2. The van der Waals surface area contributed by atoms with Crippen LogP contribution in [-0.2, 0) is 5.41 Å². The largest absolute Gasteiger partial charge is 0.228 e. The van der Waals surface area contributed by atoms with Crippen LogP contribution in [0.1, 0.15) is 23.6 Å². The molecule has 1 aliphatic carbocycles. The Morgan fingerprint density at radius 3 is 1.89 bits per heavy atom. The quantitative estimate of drug-likeness (QED) is 0.203. The lowest BCUT2D eigenvalue weighted by Crippen LogP contribution is -2.22. The second-order valence-electron chi connectivity index (χ2n) is 11.9. The highest BCUT2D eigenvalue weighted by Gasteiger charge is 2.40. The predicted octanol–water partition coefficient (Wildman–Crippen LogP) is 11.2. The van der Waals surface area contributed by atoms with E-state index in [0.29, 0.717) is 0 Å². The Morgan fingerprint density at radius 2 is 1.09 bits per heavy atom. The molecule has 2 aromatic heterocycles. The van der Waals surface area contributed by atoms with Gasteiger partial charge in [-0.15, -0.1) is 11.3 Å². The SMILES string of the molecule is CC1(c2cccc(-c3cc(-c4cccc5c4sc4ccccc45)nc(-c4ccccc4)n3)c2)c2ccccc2-c2ccccc21. The van der Waals surface area contributed by atoms with Crippen LogP contribution in [0.5, 0.6) is 0 Å². The van der Waals surface area contributed by atoms with Crippen molar-refractivity contribution in [2.45, 2.75) is 12.3 Å². The molecule has 0 fully saturated rings. The number of nitrogens with zero attached hydrogens (tertiary/aromatic N) is 2. The highest BCUT2D eigenvalue weighted by Crippen LogP contribution is 2.52. The fourth-order valence-corrected chi connectivity index (χ4v) is 8.38. The Bertz CT molecular complexity index is 2360. The summed E-state index contributed by atoms with van der Waals surface area (Å²) in [6.45, 7) is 2.36. The minimum absolute atomic E-state index is 0.274. The molecule has 1 aliphatic rings. The van der Waals surface area contributed by atoms with E-state index in [4.69, 9.17) is 9.97 Å². The van der Waals surface area contributed by atoms with Gasteiger partial charge in [0.2, 0.25) is 0 Å². The lowest BCUT2D eigenvalue weighted by Gasteiger charge is -2.28. The van der Waals surface area contributed by atoms with Gasteiger partial charge < -0.3 is 0 Å². The number of aromatic nitrogens is 2. The number of thiophene rings is 1. The summed E-state index contributed by atoms with van der Waals surface area (Å²) in [6.07, 6.45) is 0. The van der Waals surface area contributed by atoms with E-state index in [1.165, 1.54) is 48.0 Å². The summed E-state index contributed by atoms with van der Waals surface area (Å²) in [5.41, 5.74) is 11.4. The van der Waals surface area contributed by atoms with Crippen molar-refractivity contribution in [3.8, 4) is 45.0 Å². The summed E-state index contributed by atoms with van der Waals surface area (Å²) in [5, 5.41) is 2.55. The second-order valence-corrected chi connectivity index (χ2v) is 13.0. The fraction of sp³-hybridized carbons (Fsp3) is 0.0476. The molecular formula is C42H28N2S. The molecule has 0 atom stereocenters. The summed E-state index contributed by atoms with van der Waals surface area (Å²) in [7, 11) is 0. The average molecular weight is 593 g/mol. The van der Waals surface area contributed by atoms with E-state index in [9.17, 15) is 0 Å².